The minimum Gasteiger partial charge on any atom is -0.493 e. The molecular weight excluding hydrogens is 449 g/mol. The van der Waals surface area contributed by atoms with Crippen LogP contribution in [-0.4, -0.2) is 43.4 Å². The van der Waals surface area contributed by atoms with E-state index in [4.69, 9.17) is 37.4 Å². The van der Waals surface area contributed by atoms with Crippen LogP contribution in [0.25, 0.3) is 6.08 Å². The van der Waals surface area contributed by atoms with Crippen LogP contribution in [0.3, 0.4) is 0 Å². The Morgan fingerprint density at radius 2 is 1.83 bits per heavy atom. The second-order valence-electron chi connectivity index (χ2n) is 6.27. The van der Waals surface area contributed by atoms with Gasteiger partial charge in [0.15, 0.2) is 11.5 Å². The summed E-state index contributed by atoms with van der Waals surface area (Å²) in [5.41, 5.74) is 1.58. The molecule has 1 saturated heterocycles. The van der Waals surface area contributed by atoms with Crippen LogP contribution in [-0.2, 0) is 16.1 Å². The van der Waals surface area contributed by atoms with Crippen molar-refractivity contribution >= 4 is 52.2 Å². The van der Waals surface area contributed by atoms with Crippen LogP contribution < -0.4 is 9.47 Å². The van der Waals surface area contributed by atoms with Crippen LogP contribution in [0.4, 0.5) is 4.79 Å². The Labute approximate surface area is 188 Å². The van der Waals surface area contributed by atoms with Crippen molar-refractivity contribution in [2.75, 3.05) is 27.4 Å². The van der Waals surface area contributed by atoms with Gasteiger partial charge in [-0.15, -0.1) is 0 Å². The highest BCUT2D eigenvalue weighted by Gasteiger charge is 2.34. The largest absolute Gasteiger partial charge is 0.493 e. The summed E-state index contributed by atoms with van der Waals surface area (Å²) in [4.78, 5) is 26.0. The number of imide groups is 1. The van der Waals surface area contributed by atoms with Crippen molar-refractivity contribution in [1.82, 2.24) is 4.90 Å². The number of thioether (sulfide) groups is 1. The lowest BCUT2D eigenvalue weighted by molar-refractivity contribution is -0.123. The molecule has 9 heteroatoms. The lowest BCUT2D eigenvalue weighted by atomic mass is 10.1. The molecule has 1 aliphatic heterocycles. The summed E-state index contributed by atoms with van der Waals surface area (Å²) >= 11 is 12.9. The van der Waals surface area contributed by atoms with Crippen LogP contribution >= 0.6 is 35.0 Å². The molecule has 0 aliphatic carbocycles. The van der Waals surface area contributed by atoms with Crippen LogP contribution in [0.15, 0.2) is 41.3 Å². The number of methoxy groups -OCH3 is 2. The Morgan fingerprint density at radius 3 is 2.53 bits per heavy atom. The van der Waals surface area contributed by atoms with E-state index in [1.54, 1.807) is 36.4 Å². The van der Waals surface area contributed by atoms with E-state index in [1.807, 2.05) is 6.07 Å². The Balaban J connectivity index is 1.74. The zero-order valence-corrected chi connectivity index (χ0v) is 18.6. The standard InChI is InChI=1S/C21H19Cl2NO5S/c1-27-8-7-24-20(25)19(30-21(24)26)11-13-4-6-17(18(10-13)28-2)29-12-14-3-5-15(22)16(23)9-14/h3-6,9-11H,7-8,12H2,1-2H3/b19-11+. The molecule has 2 aromatic carbocycles. The van der Waals surface area contributed by atoms with Gasteiger partial charge in [-0.25, -0.2) is 0 Å². The number of nitrogens with zero attached hydrogens (tertiary/aromatic N) is 1. The molecule has 2 aromatic rings. The normalized spacial score (nSPS) is 15.2. The average molecular weight is 468 g/mol. The monoisotopic (exact) mass is 467 g/mol. The lowest BCUT2D eigenvalue weighted by Gasteiger charge is -2.12. The van der Waals surface area contributed by atoms with Gasteiger partial charge in [0.2, 0.25) is 0 Å². The minimum absolute atomic E-state index is 0.226. The van der Waals surface area contributed by atoms with Gasteiger partial charge in [0.25, 0.3) is 11.1 Å². The van der Waals surface area contributed by atoms with Gasteiger partial charge in [-0.2, -0.15) is 0 Å². The van der Waals surface area contributed by atoms with Gasteiger partial charge in [0, 0.05) is 7.11 Å². The predicted molar refractivity (Wildman–Crippen MR) is 118 cm³/mol. The molecule has 6 nitrogen and oxygen atoms in total. The topological polar surface area (TPSA) is 65.1 Å². The molecule has 0 bridgehead atoms. The third-order valence-electron chi connectivity index (χ3n) is 4.26. The molecule has 30 heavy (non-hydrogen) atoms. The van der Waals surface area contributed by atoms with E-state index < -0.39 is 0 Å². The smallest absolute Gasteiger partial charge is 0.293 e. The van der Waals surface area contributed by atoms with Crippen LogP contribution in [0, 0.1) is 0 Å². The van der Waals surface area contributed by atoms with Gasteiger partial charge in [-0.1, -0.05) is 35.3 Å². The van der Waals surface area contributed by atoms with Crippen molar-refractivity contribution in [3.8, 4) is 11.5 Å². The highest BCUT2D eigenvalue weighted by molar-refractivity contribution is 8.18. The highest BCUT2D eigenvalue weighted by Crippen LogP contribution is 2.35. The number of halogens is 2. The summed E-state index contributed by atoms with van der Waals surface area (Å²) in [6, 6.07) is 10.6. The number of amides is 2. The second-order valence-corrected chi connectivity index (χ2v) is 8.08. The van der Waals surface area contributed by atoms with E-state index in [1.165, 1.54) is 19.1 Å². The lowest BCUT2D eigenvalue weighted by Crippen LogP contribution is -2.31. The summed E-state index contributed by atoms with van der Waals surface area (Å²) < 4.78 is 16.2. The number of rotatable bonds is 8. The average Bonchev–Trinajstić information content (AvgIpc) is 3.00. The molecular formula is C21H19Cl2NO5S. The number of carbonyl (C=O) groups is 2. The molecule has 0 saturated carbocycles. The van der Waals surface area contributed by atoms with Gasteiger partial charge < -0.3 is 14.2 Å². The zero-order valence-electron chi connectivity index (χ0n) is 16.3. The van der Waals surface area contributed by atoms with Crippen LogP contribution in [0.1, 0.15) is 11.1 Å². The molecule has 0 atom stereocenters. The van der Waals surface area contributed by atoms with Crippen molar-refractivity contribution in [2.45, 2.75) is 6.61 Å². The molecule has 0 unspecified atom stereocenters. The number of hydrogen-bond acceptors (Lipinski definition) is 6. The molecule has 2 amide bonds. The van der Waals surface area contributed by atoms with E-state index in [9.17, 15) is 9.59 Å². The van der Waals surface area contributed by atoms with Gasteiger partial charge in [0.05, 0.1) is 35.2 Å². The van der Waals surface area contributed by atoms with E-state index in [2.05, 4.69) is 0 Å². The summed E-state index contributed by atoms with van der Waals surface area (Å²) in [6.45, 7) is 0.804. The summed E-state index contributed by atoms with van der Waals surface area (Å²) in [7, 11) is 3.05. The van der Waals surface area contributed by atoms with E-state index in [0.29, 0.717) is 38.6 Å². The molecule has 158 valence electrons. The van der Waals surface area contributed by atoms with Crippen LogP contribution in [0.2, 0.25) is 10.0 Å². The summed E-state index contributed by atoms with van der Waals surface area (Å²) in [6.07, 6.45) is 1.66. The molecule has 0 spiro atoms. The number of benzene rings is 2. The van der Waals surface area contributed by atoms with Gasteiger partial charge >= 0.3 is 0 Å². The molecule has 1 heterocycles. The third kappa shape index (κ3) is 5.29. The Hall–Kier alpha value is -2.19. The summed E-state index contributed by atoms with van der Waals surface area (Å²) in [5, 5.41) is 0.630. The van der Waals surface area contributed by atoms with E-state index in [-0.39, 0.29) is 24.3 Å². The Morgan fingerprint density at radius 1 is 1.03 bits per heavy atom. The first kappa shape index (κ1) is 22.5. The Bertz CT molecular complexity index is 995. The Kier molecular flexibility index (Phi) is 7.66. The van der Waals surface area contributed by atoms with Crippen molar-refractivity contribution in [3.63, 3.8) is 0 Å². The van der Waals surface area contributed by atoms with Gasteiger partial charge in [-0.05, 0) is 53.2 Å². The van der Waals surface area contributed by atoms with Crippen molar-refractivity contribution in [3.05, 3.63) is 62.5 Å². The fraction of sp³-hybridized carbons (Fsp3) is 0.238. The highest BCUT2D eigenvalue weighted by atomic mass is 35.5. The van der Waals surface area contributed by atoms with Crippen LogP contribution in [0.5, 0.6) is 11.5 Å². The first-order valence-electron chi connectivity index (χ1n) is 8.92. The van der Waals surface area contributed by atoms with Crippen molar-refractivity contribution in [1.29, 1.82) is 0 Å². The maximum Gasteiger partial charge on any atom is 0.293 e. The first-order chi connectivity index (χ1) is 14.4. The molecule has 3 rings (SSSR count). The first-order valence-corrected chi connectivity index (χ1v) is 10.5. The fourth-order valence-corrected chi connectivity index (χ4v) is 3.90. The molecule has 0 aromatic heterocycles. The van der Waals surface area contributed by atoms with Gasteiger partial charge in [0.1, 0.15) is 6.61 Å². The number of ether oxygens (including phenoxy) is 3. The minimum atomic E-state index is -0.332. The quantitative estimate of drug-likeness (QED) is 0.493. The molecule has 1 fully saturated rings. The zero-order chi connectivity index (χ0) is 21.7. The SMILES string of the molecule is COCCN1C(=O)S/C(=C/c2ccc(OCc3ccc(Cl)c(Cl)c3)c(OC)c2)C1=O. The number of carbonyl (C=O) groups excluding carboxylic acids is 2. The van der Waals surface area contributed by atoms with E-state index >= 15 is 0 Å². The third-order valence-corrected chi connectivity index (χ3v) is 5.90. The number of hydrogen-bond donors (Lipinski definition) is 0. The maximum atomic E-state index is 12.4. The van der Waals surface area contributed by atoms with Crippen molar-refractivity contribution < 1.29 is 23.8 Å². The predicted octanol–water partition coefficient (Wildman–Crippen LogP) is 5.26. The molecule has 0 radical (unpaired) electrons. The van der Waals surface area contributed by atoms with E-state index in [0.717, 1.165) is 17.3 Å². The second kappa shape index (κ2) is 10.2. The van der Waals surface area contributed by atoms with Gasteiger partial charge in [-0.3, -0.25) is 14.5 Å². The maximum absolute atomic E-state index is 12.4. The fourth-order valence-electron chi connectivity index (χ4n) is 2.71. The summed E-state index contributed by atoms with van der Waals surface area (Å²) in [5.74, 6) is 0.706. The van der Waals surface area contributed by atoms with Crippen molar-refractivity contribution in [2.24, 2.45) is 0 Å². The molecule has 0 N–H and O–H groups in total. The molecule has 1 aliphatic rings.